The van der Waals surface area contributed by atoms with Crippen molar-refractivity contribution in [3.63, 3.8) is 0 Å². The van der Waals surface area contributed by atoms with Gasteiger partial charge in [-0.05, 0) is 25.0 Å². The van der Waals surface area contributed by atoms with Gasteiger partial charge in [0.25, 0.3) is 0 Å². The summed E-state index contributed by atoms with van der Waals surface area (Å²) >= 11 is 0. The van der Waals surface area contributed by atoms with Crippen LogP contribution in [0.15, 0.2) is 46.9 Å². The summed E-state index contributed by atoms with van der Waals surface area (Å²) in [6.07, 6.45) is 5.36. The molecule has 1 fully saturated rings. The second kappa shape index (κ2) is 6.78. The molecule has 1 aliphatic rings. The first-order valence-corrected chi connectivity index (χ1v) is 6.79. The Morgan fingerprint density at radius 3 is 2.47 bits per heavy atom. The van der Waals surface area contributed by atoms with Crippen molar-refractivity contribution < 1.29 is 16.8 Å². The Hall–Kier alpha value is -1.25. The first kappa shape index (κ1) is 14.2. The molecular weight excluding hydrogens is 258 g/mol. The summed E-state index contributed by atoms with van der Waals surface area (Å²) in [6.45, 7) is 0.845. The predicted octanol–water partition coefficient (Wildman–Crippen LogP) is 0.983. The summed E-state index contributed by atoms with van der Waals surface area (Å²) in [6, 6.07) is 15.1. The van der Waals surface area contributed by atoms with E-state index in [4.69, 9.17) is 4.42 Å². The highest BCUT2D eigenvalue weighted by Crippen LogP contribution is 2.22. The summed E-state index contributed by atoms with van der Waals surface area (Å²) in [5.74, 6) is 1.99. The number of halogens is 1. The number of nitrogens with one attached hydrogen (secondary N) is 1. The molecule has 0 unspecified atom stereocenters. The molecule has 0 amide bonds. The van der Waals surface area contributed by atoms with Crippen molar-refractivity contribution in [3.05, 3.63) is 48.2 Å². The van der Waals surface area contributed by atoms with Crippen LogP contribution in [-0.4, -0.2) is 6.04 Å². The van der Waals surface area contributed by atoms with Gasteiger partial charge < -0.3 is 22.1 Å². The standard InChI is InChI=1S/C16H19NO.ClH/c1-2-6-13(7-3-1)16-11-10-15(18-16)12-17-14-8-4-5-9-14;/h1-3,6-7,10-11,14,17H,4-5,8-9,12H2;1H/p-1. The topological polar surface area (TPSA) is 25.2 Å². The molecular formula is C16H19ClNO-. The Kier molecular flexibility index (Phi) is 5.06. The van der Waals surface area contributed by atoms with Crippen LogP contribution in [0, 0.1) is 0 Å². The van der Waals surface area contributed by atoms with Crippen molar-refractivity contribution >= 4 is 0 Å². The fourth-order valence-corrected chi connectivity index (χ4v) is 2.61. The quantitative estimate of drug-likeness (QED) is 0.901. The van der Waals surface area contributed by atoms with E-state index in [0.29, 0.717) is 6.04 Å². The van der Waals surface area contributed by atoms with Crippen molar-refractivity contribution in [2.75, 3.05) is 0 Å². The van der Waals surface area contributed by atoms with Gasteiger partial charge in [-0.25, -0.2) is 0 Å². The maximum Gasteiger partial charge on any atom is 0.134 e. The first-order valence-electron chi connectivity index (χ1n) is 6.79. The number of rotatable bonds is 4. The number of hydrogen-bond donors (Lipinski definition) is 1. The van der Waals surface area contributed by atoms with E-state index in [0.717, 1.165) is 23.6 Å². The smallest absolute Gasteiger partial charge is 0.134 e. The second-order valence-electron chi connectivity index (χ2n) is 4.99. The molecule has 1 heterocycles. The molecule has 3 rings (SSSR count). The Balaban J connectivity index is 0.00000133. The maximum absolute atomic E-state index is 5.87. The van der Waals surface area contributed by atoms with Gasteiger partial charge in [-0.2, -0.15) is 0 Å². The molecule has 2 nitrogen and oxygen atoms in total. The van der Waals surface area contributed by atoms with Crippen LogP contribution in [0.4, 0.5) is 0 Å². The Morgan fingerprint density at radius 1 is 1.00 bits per heavy atom. The van der Waals surface area contributed by atoms with Crippen molar-refractivity contribution in [2.24, 2.45) is 0 Å². The van der Waals surface area contributed by atoms with E-state index < -0.39 is 0 Å². The Bertz CT molecular complexity index is 488. The minimum Gasteiger partial charge on any atom is -1.00 e. The first-order chi connectivity index (χ1) is 8.92. The molecule has 1 N–H and O–H groups in total. The molecule has 1 aliphatic carbocycles. The minimum absolute atomic E-state index is 0. The van der Waals surface area contributed by atoms with Crippen molar-refractivity contribution in [1.82, 2.24) is 5.32 Å². The molecule has 102 valence electrons. The van der Waals surface area contributed by atoms with Crippen molar-refractivity contribution in [1.29, 1.82) is 0 Å². The Morgan fingerprint density at radius 2 is 1.74 bits per heavy atom. The molecule has 2 aromatic rings. The molecule has 1 saturated carbocycles. The van der Waals surface area contributed by atoms with Gasteiger partial charge in [0.1, 0.15) is 11.5 Å². The molecule has 1 aromatic carbocycles. The Labute approximate surface area is 120 Å². The van der Waals surface area contributed by atoms with E-state index in [1.54, 1.807) is 0 Å². The van der Waals surface area contributed by atoms with Gasteiger partial charge in [-0.3, -0.25) is 0 Å². The van der Waals surface area contributed by atoms with Crippen LogP contribution in [-0.2, 0) is 6.54 Å². The molecule has 0 spiro atoms. The van der Waals surface area contributed by atoms with Gasteiger partial charge in [0.2, 0.25) is 0 Å². The molecule has 0 aliphatic heterocycles. The fourth-order valence-electron chi connectivity index (χ4n) is 2.61. The summed E-state index contributed by atoms with van der Waals surface area (Å²) in [5.41, 5.74) is 1.14. The summed E-state index contributed by atoms with van der Waals surface area (Å²) in [7, 11) is 0. The fraction of sp³-hybridized carbons (Fsp3) is 0.375. The molecule has 0 saturated heterocycles. The molecule has 0 bridgehead atoms. The monoisotopic (exact) mass is 276 g/mol. The zero-order chi connectivity index (χ0) is 12.2. The minimum atomic E-state index is 0. The van der Waals surface area contributed by atoms with Gasteiger partial charge >= 0.3 is 0 Å². The van der Waals surface area contributed by atoms with Crippen LogP contribution in [0.5, 0.6) is 0 Å². The highest BCUT2D eigenvalue weighted by Gasteiger charge is 2.14. The lowest BCUT2D eigenvalue weighted by Crippen LogP contribution is -3.00. The largest absolute Gasteiger partial charge is 1.00 e. The van der Waals surface area contributed by atoms with E-state index in [2.05, 4.69) is 29.6 Å². The van der Waals surface area contributed by atoms with Gasteiger partial charge in [-0.1, -0.05) is 43.2 Å². The van der Waals surface area contributed by atoms with E-state index in [1.807, 2.05) is 18.2 Å². The van der Waals surface area contributed by atoms with Gasteiger partial charge in [0, 0.05) is 11.6 Å². The summed E-state index contributed by atoms with van der Waals surface area (Å²) < 4.78 is 5.87. The lowest BCUT2D eigenvalue weighted by atomic mass is 10.2. The summed E-state index contributed by atoms with van der Waals surface area (Å²) in [4.78, 5) is 0. The van der Waals surface area contributed by atoms with Crippen LogP contribution in [0.25, 0.3) is 11.3 Å². The van der Waals surface area contributed by atoms with Crippen molar-refractivity contribution in [2.45, 2.75) is 38.3 Å². The van der Waals surface area contributed by atoms with Crippen LogP contribution < -0.4 is 17.7 Å². The van der Waals surface area contributed by atoms with Gasteiger partial charge in [-0.15, -0.1) is 0 Å². The average Bonchev–Trinajstić information content (AvgIpc) is 3.09. The highest BCUT2D eigenvalue weighted by atomic mass is 35.5. The predicted molar refractivity (Wildman–Crippen MR) is 73.2 cm³/mol. The van der Waals surface area contributed by atoms with Crippen LogP contribution >= 0.6 is 0 Å². The number of benzene rings is 1. The lowest BCUT2D eigenvalue weighted by Gasteiger charge is -2.09. The van der Waals surface area contributed by atoms with E-state index >= 15 is 0 Å². The second-order valence-corrected chi connectivity index (χ2v) is 4.99. The third kappa shape index (κ3) is 3.62. The van der Waals surface area contributed by atoms with Crippen LogP contribution in [0.2, 0.25) is 0 Å². The SMILES string of the molecule is [Cl-].c1ccc(-c2ccc(CNC3CCCC3)o2)cc1. The normalized spacial score (nSPS) is 15.4. The van der Waals surface area contributed by atoms with E-state index in [1.165, 1.54) is 25.7 Å². The highest BCUT2D eigenvalue weighted by molar-refractivity contribution is 5.57. The van der Waals surface area contributed by atoms with Gasteiger partial charge in [0.15, 0.2) is 0 Å². The molecule has 19 heavy (non-hydrogen) atoms. The number of hydrogen-bond acceptors (Lipinski definition) is 2. The van der Waals surface area contributed by atoms with Crippen LogP contribution in [0.3, 0.4) is 0 Å². The lowest BCUT2D eigenvalue weighted by molar-refractivity contribution is -0.00000425. The molecule has 0 atom stereocenters. The third-order valence-corrected chi connectivity index (χ3v) is 3.64. The summed E-state index contributed by atoms with van der Waals surface area (Å²) in [5, 5.41) is 3.57. The van der Waals surface area contributed by atoms with Crippen LogP contribution in [0.1, 0.15) is 31.4 Å². The molecule has 1 aromatic heterocycles. The average molecular weight is 277 g/mol. The third-order valence-electron chi connectivity index (χ3n) is 3.64. The molecule has 0 radical (unpaired) electrons. The number of furan rings is 1. The molecule has 3 heteroatoms. The van der Waals surface area contributed by atoms with E-state index in [-0.39, 0.29) is 12.4 Å². The zero-order valence-corrected chi connectivity index (χ0v) is 11.7. The maximum atomic E-state index is 5.87. The van der Waals surface area contributed by atoms with E-state index in [9.17, 15) is 0 Å². The zero-order valence-electron chi connectivity index (χ0n) is 10.9. The van der Waals surface area contributed by atoms with Crippen molar-refractivity contribution in [3.8, 4) is 11.3 Å². The van der Waals surface area contributed by atoms with Gasteiger partial charge in [0.05, 0.1) is 6.54 Å².